The monoisotopic (exact) mass is 381 g/mol. The summed E-state index contributed by atoms with van der Waals surface area (Å²) in [4.78, 5) is 25.3. The van der Waals surface area contributed by atoms with Gasteiger partial charge in [0.15, 0.2) is 0 Å². The van der Waals surface area contributed by atoms with E-state index < -0.39 is 0 Å². The lowest BCUT2D eigenvalue weighted by Crippen LogP contribution is -2.33. The van der Waals surface area contributed by atoms with E-state index in [0.717, 1.165) is 43.3 Å². The summed E-state index contributed by atoms with van der Waals surface area (Å²) in [6.45, 7) is 6.56. The minimum absolute atomic E-state index is 0.0884. The second-order valence-corrected chi connectivity index (χ2v) is 7.65. The van der Waals surface area contributed by atoms with Crippen LogP contribution in [0, 0.1) is 0 Å². The fourth-order valence-electron chi connectivity index (χ4n) is 3.71. The van der Waals surface area contributed by atoms with Crippen molar-refractivity contribution in [2.75, 3.05) is 43.5 Å². The largest absolute Gasteiger partial charge is 0.356 e. The van der Waals surface area contributed by atoms with Crippen LogP contribution in [0.1, 0.15) is 49.7 Å². The van der Waals surface area contributed by atoms with Crippen molar-refractivity contribution in [2.45, 2.75) is 38.5 Å². The minimum Gasteiger partial charge on any atom is -0.356 e. The molecule has 0 radical (unpaired) electrons. The SMILES string of the molecule is CCNC(=O)C(C)c1ccc(C2CCN(c3ccnc(N(C)C)n3)CC2)cc1. The lowest BCUT2D eigenvalue weighted by molar-refractivity contribution is -0.122. The number of carbonyl (C=O) groups is 1. The molecular weight excluding hydrogens is 350 g/mol. The molecular formula is C22H31N5O. The second kappa shape index (κ2) is 9.04. The minimum atomic E-state index is -0.112. The van der Waals surface area contributed by atoms with Gasteiger partial charge in [-0.2, -0.15) is 4.98 Å². The van der Waals surface area contributed by atoms with Gasteiger partial charge in [0, 0.05) is 39.9 Å². The van der Waals surface area contributed by atoms with Crippen LogP contribution in [0.4, 0.5) is 11.8 Å². The molecule has 0 bridgehead atoms. The summed E-state index contributed by atoms with van der Waals surface area (Å²) in [5.74, 6) is 2.28. The Bertz CT molecular complexity index is 782. The summed E-state index contributed by atoms with van der Waals surface area (Å²) >= 11 is 0. The van der Waals surface area contributed by atoms with Crippen LogP contribution in [-0.2, 0) is 4.79 Å². The van der Waals surface area contributed by atoms with Crippen molar-refractivity contribution in [2.24, 2.45) is 0 Å². The maximum atomic E-state index is 12.0. The Morgan fingerprint density at radius 2 is 1.89 bits per heavy atom. The molecule has 2 aromatic rings. The van der Waals surface area contributed by atoms with Gasteiger partial charge in [-0.25, -0.2) is 4.98 Å². The van der Waals surface area contributed by atoms with Crippen LogP contribution in [-0.4, -0.2) is 49.6 Å². The molecule has 0 aliphatic carbocycles. The molecule has 0 saturated carbocycles. The quantitative estimate of drug-likeness (QED) is 0.833. The number of anilines is 2. The number of carbonyl (C=O) groups excluding carboxylic acids is 1. The van der Waals surface area contributed by atoms with Crippen LogP contribution < -0.4 is 15.1 Å². The number of piperidine rings is 1. The predicted molar refractivity (Wildman–Crippen MR) is 114 cm³/mol. The average molecular weight is 382 g/mol. The van der Waals surface area contributed by atoms with E-state index in [-0.39, 0.29) is 11.8 Å². The van der Waals surface area contributed by atoms with Crippen molar-refractivity contribution in [3.05, 3.63) is 47.7 Å². The van der Waals surface area contributed by atoms with Gasteiger partial charge in [0.2, 0.25) is 11.9 Å². The van der Waals surface area contributed by atoms with E-state index in [2.05, 4.69) is 44.5 Å². The lowest BCUT2D eigenvalue weighted by atomic mass is 9.88. The van der Waals surface area contributed by atoms with Gasteiger partial charge in [0.25, 0.3) is 0 Å². The van der Waals surface area contributed by atoms with Crippen molar-refractivity contribution in [1.82, 2.24) is 15.3 Å². The van der Waals surface area contributed by atoms with Crippen LogP contribution in [0.25, 0.3) is 0 Å². The molecule has 150 valence electrons. The van der Waals surface area contributed by atoms with Gasteiger partial charge in [0.1, 0.15) is 5.82 Å². The highest BCUT2D eigenvalue weighted by molar-refractivity contribution is 5.83. The zero-order valence-corrected chi connectivity index (χ0v) is 17.4. The summed E-state index contributed by atoms with van der Waals surface area (Å²) in [7, 11) is 3.92. The average Bonchev–Trinajstić information content (AvgIpc) is 2.73. The van der Waals surface area contributed by atoms with Gasteiger partial charge < -0.3 is 15.1 Å². The fraction of sp³-hybridized carbons (Fsp3) is 0.500. The first kappa shape index (κ1) is 20.1. The van der Waals surface area contributed by atoms with Gasteiger partial charge in [0.05, 0.1) is 5.92 Å². The highest BCUT2D eigenvalue weighted by atomic mass is 16.1. The molecule has 1 fully saturated rings. The first-order valence-corrected chi connectivity index (χ1v) is 10.1. The first-order chi connectivity index (χ1) is 13.5. The molecule has 1 aliphatic heterocycles. The molecule has 1 aliphatic rings. The summed E-state index contributed by atoms with van der Waals surface area (Å²) < 4.78 is 0. The highest BCUT2D eigenvalue weighted by Gasteiger charge is 2.22. The van der Waals surface area contributed by atoms with Gasteiger partial charge in [-0.05, 0) is 49.8 Å². The highest BCUT2D eigenvalue weighted by Crippen LogP contribution is 2.31. The van der Waals surface area contributed by atoms with E-state index in [1.165, 1.54) is 5.56 Å². The predicted octanol–water partition coefficient (Wildman–Crippen LogP) is 3.17. The van der Waals surface area contributed by atoms with Crippen molar-refractivity contribution >= 4 is 17.7 Å². The molecule has 6 nitrogen and oxygen atoms in total. The Labute approximate surface area is 168 Å². The standard InChI is InChI=1S/C22H31N5O/c1-5-23-21(28)16(2)17-6-8-18(9-7-17)19-11-14-27(15-12-19)20-10-13-24-22(25-20)26(3)4/h6-10,13,16,19H,5,11-12,14-15H2,1-4H3,(H,23,28). The van der Waals surface area contributed by atoms with E-state index in [1.54, 1.807) is 0 Å². The summed E-state index contributed by atoms with van der Waals surface area (Å²) in [6.07, 6.45) is 4.04. The molecule has 0 spiro atoms. The second-order valence-electron chi connectivity index (χ2n) is 7.65. The Balaban J connectivity index is 1.60. The van der Waals surface area contributed by atoms with Crippen molar-refractivity contribution in [3.63, 3.8) is 0 Å². The summed E-state index contributed by atoms with van der Waals surface area (Å²) in [5, 5.41) is 2.90. The smallest absolute Gasteiger partial charge is 0.227 e. The lowest BCUT2D eigenvalue weighted by Gasteiger charge is -2.33. The maximum Gasteiger partial charge on any atom is 0.227 e. The van der Waals surface area contributed by atoms with E-state index in [4.69, 9.17) is 0 Å². The molecule has 1 amide bonds. The number of likely N-dealkylation sites (N-methyl/N-ethyl adjacent to an activating group) is 1. The topological polar surface area (TPSA) is 61.4 Å². The van der Waals surface area contributed by atoms with Crippen LogP contribution in [0.15, 0.2) is 36.5 Å². The molecule has 1 atom stereocenters. The third-order valence-corrected chi connectivity index (χ3v) is 5.50. The van der Waals surface area contributed by atoms with Gasteiger partial charge >= 0.3 is 0 Å². The summed E-state index contributed by atoms with van der Waals surface area (Å²) in [6, 6.07) is 10.6. The number of nitrogens with one attached hydrogen (secondary N) is 1. The Morgan fingerprint density at radius 3 is 2.50 bits per heavy atom. The van der Waals surface area contributed by atoms with Crippen LogP contribution in [0.5, 0.6) is 0 Å². The Morgan fingerprint density at radius 1 is 1.21 bits per heavy atom. The zero-order chi connectivity index (χ0) is 20.1. The third-order valence-electron chi connectivity index (χ3n) is 5.50. The number of aromatic nitrogens is 2. The van der Waals surface area contributed by atoms with Crippen LogP contribution >= 0.6 is 0 Å². The molecule has 1 saturated heterocycles. The van der Waals surface area contributed by atoms with E-state index >= 15 is 0 Å². The number of hydrogen-bond acceptors (Lipinski definition) is 5. The molecule has 1 aromatic carbocycles. The van der Waals surface area contributed by atoms with E-state index in [1.807, 2.05) is 45.1 Å². The molecule has 2 heterocycles. The first-order valence-electron chi connectivity index (χ1n) is 10.1. The fourth-order valence-corrected chi connectivity index (χ4v) is 3.71. The Hall–Kier alpha value is -2.63. The van der Waals surface area contributed by atoms with Crippen LogP contribution in [0.3, 0.4) is 0 Å². The van der Waals surface area contributed by atoms with Crippen molar-refractivity contribution in [1.29, 1.82) is 0 Å². The molecule has 1 N–H and O–H groups in total. The molecule has 28 heavy (non-hydrogen) atoms. The van der Waals surface area contributed by atoms with Gasteiger partial charge in [-0.1, -0.05) is 24.3 Å². The third kappa shape index (κ3) is 4.61. The van der Waals surface area contributed by atoms with E-state index in [9.17, 15) is 4.79 Å². The number of rotatable bonds is 6. The maximum absolute atomic E-state index is 12.0. The number of nitrogens with zero attached hydrogens (tertiary/aromatic N) is 4. The number of benzene rings is 1. The molecule has 3 rings (SSSR count). The van der Waals surface area contributed by atoms with Gasteiger partial charge in [-0.3, -0.25) is 4.79 Å². The molecule has 6 heteroatoms. The van der Waals surface area contributed by atoms with Gasteiger partial charge in [-0.15, -0.1) is 0 Å². The normalized spacial score (nSPS) is 15.9. The zero-order valence-electron chi connectivity index (χ0n) is 17.4. The van der Waals surface area contributed by atoms with Crippen molar-refractivity contribution in [3.8, 4) is 0 Å². The molecule has 1 aromatic heterocycles. The number of amides is 1. The Kier molecular flexibility index (Phi) is 6.49. The van der Waals surface area contributed by atoms with Crippen molar-refractivity contribution < 1.29 is 4.79 Å². The van der Waals surface area contributed by atoms with E-state index in [0.29, 0.717) is 12.5 Å². The number of hydrogen-bond donors (Lipinski definition) is 1. The van der Waals surface area contributed by atoms with Crippen LogP contribution in [0.2, 0.25) is 0 Å². The summed E-state index contributed by atoms with van der Waals surface area (Å²) in [5.41, 5.74) is 2.44. The molecule has 1 unspecified atom stereocenters.